The maximum absolute atomic E-state index is 14.2. The van der Waals surface area contributed by atoms with Crippen LogP contribution in [0.15, 0.2) is 251 Å². The van der Waals surface area contributed by atoms with Gasteiger partial charge in [-0.25, -0.2) is 48.4 Å². The number of fused-ring (bicyclic) bond motifs is 6. The second kappa shape index (κ2) is 34.2. The van der Waals surface area contributed by atoms with E-state index in [4.69, 9.17) is 19.4 Å². The van der Waals surface area contributed by atoms with E-state index in [0.29, 0.717) is 146 Å². The molecular formula is C93H76N20O7. The fraction of sp³-hybridized carbons (Fsp3) is 0.172. The van der Waals surface area contributed by atoms with Gasteiger partial charge in [0, 0.05) is 71.5 Å². The molecule has 27 nitrogen and oxygen atoms in total. The highest BCUT2D eigenvalue weighted by atomic mass is 16.3. The molecule has 3 amide bonds. The lowest BCUT2D eigenvalue weighted by Crippen LogP contribution is -2.33. The Morgan fingerprint density at radius 3 is 1.12 bits per heavy atom. The number of hydrogen-bond acceptors (Lipinski definition) is 18. The summed E-state index contributed by atoms with van der Waals surface area (Å²) in [6.45, 7) is 12.6. The molecule has 17 aromatic rings. The molecule has 11 heterocycles. The summed E-state index contributed by atoms with van der Waals surface area (Å²) < 4.78 is 14.3. The normalized spacial score (nSPS) is 12.7. The van der Waals surface area contributed by atoms with Gasteiger partial charge in [0.25, 0.3) is 34.4 Å². The van der Waals surface area contributed by atoms with Crippen LogP contribution in [-0.2, 0) is 0 Å². The average Bonchev–Trinajstić information content (AvgIpc) is 1.47. The number of hydrogen-bond donors (Lipinski definition) is 3. The zero-order valence-corrected chi connectivity index (χ0v) is 66.2. The van der Waals surface area contributed by atoms with Crippen molar-refractivity contribution < 1.29 is 18.8 Å². The van der Waals surface area contributed by atoms with Crippen LogP contribution in [-0.4, -0.2) is 100 Å². The van der Waals surface area contributed by atoms with Crippen molar-refractivity contribution in [1.29, 1.82) is 0 Å². The fourth-order valence-corrected chi connectivity index (χ4v) is 14.8. The quantitative estimate of drug-likeness (QED) is 0.0957. The predicted molar refractivity (Wildman–Crippen MR) is 454 cm³/mol. The first-order valence-corrected chi connectivity index (χ1v) is 39.0. The number of rotatable bonds is 12. The number of pyridine rings is 1. The van der Waals surface area contributed by atoms with Crippen LogP contribution in [0.1, 0.15) is 170 Å². The molecule has 590 valence electrons. The summed E-state index contributed by atoms with van der Waals surface area (Å²) in [5.74, 6) is 19.5. The summed E-state index contributed by atoms with van der Waals surface area (Å²) >= 11 is 0. The second-order valence-corrected chi connectivity index (χ2v) is 28.7. The van der Waals surface area contributed by atoms with Crippen LogP contribution in [0.25, 0.3) is 66.7 Å². The molecule has 120 heavy (non-hydrogen) atoms. The van der Waals surface area contributed by atoms with Gasteiger partial charge < -0.3 is 20.4 Å². The molecule has 0 radical (unpaired) electrons. The molecule has 1 aliphatic carbocycles. The van der Waals surface area contributed by atoms with Crippen molar-refractivity contribution in [3.8, 4) is 52.6 Å². The minimum absolute atomic E-state index is 0.213. The van der Waals surface area contributed by atoms with E-state index in [1.54, 1.807) is 139 Å². The highest BCUT2D eigenvalue weighted by Crippen LogP contribution is 2.29. The zero-order valence-electron chi connectivity index (χ0n) is 66.2. The summed E-state index contributed by atoms with van der Waals surface area (Å²) in [7, 11) is 0. The number of carbonyl (C=O) groups excluding carboxylic acids is 3. The van der Waals surface area contributed by atoms with Crippen molar-refractivity contribution in [2.45, 2.75) is 98.7 Å². The lowest BCUT2D eigenvalue weighted by Gasteiger charge is -2.20. The number of nitrogens with zero attached hydrogens (tertiary/aromatic N) is 17. The Kier molecular flexibility index (Phi) is 22.2. The van der Waals surface area contributed by atoms with Crippen molar-refractivity contribution in [3.63, 3.8) is 0 Å². The van der Waals surface area contributed by atoms with Gasteiger partial charge in [0.1, 0.15) is 40.4 Å². The summed E-state index contributed by atoms with van der Waals surface area (Å²) in [4.78, 5) is 119. The van der Waals surface area contributed by atoms with Crippen molar-refractivity contribution in [2.24, 2.45) is 5.92 Å². The standard InChI is InChI=1S/C32H25N7O2.C32H30N6O2.C29H21N7O3/c1-20-23(11-8-17-33-20)15-16-24-10-7-14-26-28(24)32(41)39(25-12-5-4-6-13-25)29(36-26)22(3)35-31(40)27-21(2)37-38-19-9-18-34-30(27)38;1-21-27(30-33-19-10-20-37(30)36-21)31(39)34-22(2)29-35-26-16-9-13-24(18-17-23-11-5-3-6-12-23)28(26)32(40)38(29)25-14-7-4-8-15-25;1-18-24(27-30-14-7-15-35(27)34-18)28(37)32-19(2)26-33-23-11-6-8-20(12-13-21-16-39-17-31-21)25(23)29(38)36(26)22-9-4-3-5-10-22/h4-14,17-19,22H,1-3H3,(H,35,40);4,7-10,13-16,19-20,22-23H,3,5-6,11-12H2,1-2H3,(H,34,39);3-11,14-17,19H,1-2H3,(H,32,37)/t2*22-;19-/m000/s1. The number of nitrogens with one attached hydrogen (secondary N) is 3. The van der Waals surface area contributed by atoms with Crippen LogP contribution in [0.4, 0.5) is 0 Å². The molecule has 1 aliphatic rings. The molecule has 0 spiro atoms. The molecule has 0 unspecified atom stereocenters. The Labute approximate surface area is 686 Å². The minimum atomic E-state index is -0.641. The lowest BCUT2D eigenvalue weighted by atomic mass is 9.89. The molecule has 3 atom stereocenters. The number of aryl methyl sites for hydroxylation is 4. The van der Waals surface area contributed by atoms with Gasteiger partial charge in [-0.05, 0) is 170 Å². The predicted octanol–water partition coefficient (Wildman–Crippen LogP) is 13.1. The van der Waals surface area contributed by atoms with Gasteiger partial charge in [-0.2, -0.15) is 15.3 Å². The number of carbonyl (C=O) groups is 3. The van der Waals surface area contributed by atoms with Crippen LogP contribution >= 0.6 is 0 Å². The van der Waals surface area contributed by atoms with Gasteiger partial charge in [-0.15, -0.1) is 0 Å². The van der Waals surface area contributed by atoms with Crippen molar-refractivity contribution in [3.05, 3.63) is 348 Å². The second-order valence-electron chi connectivity index (χ2n) is 28.7. The summed E-state index contributed by atoms with van der Waals surface area (Å²) in [6, 6.07) is 51.2. The molecule has 3 N–H and O–H groups in total. The van der Waals surface area contributed by atoms with Gasteiger partial charge in [0.15, 0.2) is 29.0 Å². The first-order chi connectivity index (χ1) is 58.4. The highest BCUT2D eigenvalue weighted by Gasteiger charge is 2.29. The van der Waals surface area contributed by atoms with Crippen molar-refractivity contribution in [2.75, 3.05) is 0 Å². The van der Waals surface area contributed by atoms with Crippen LogP contribution in [0.2, 0.25) is 0 Å². The molecule has 6 aromatic carbocycles. The largest absolute Gasteiger partial charge is 0.450 e. The van der Waals surface area contributed by atoms with Crippen LogP contribution in [0, 0.1) is 69.1 Å². The van der Waals surface area contributed by atoms with Gasteiger partial charge in [0.2, 0.25) is 0 Å². The van der Waals surface area contributed by atoms with E-state index < -0.39 is 18.1 Å². The Morgan fingerprint density at radius 2 is 0.750 bits per heavy atom. The highest BCUT2D eigenvalue weighted by molar-refractivity contribution is 6.03. The SMILES string of the molecule is Cc1ncccc1C#Cc1cccc2nc([C@H](C)NC(=O)c3c(C)nn4cccnc34)n(-c3ccccc3)c(=O)c12.Cc1nn2cccnc2c1C(=O)N[C@@H](C)c1nc2cccc(C#CC3CCCCC3)c2c(=O)n1-c1ccccc1.Cc1nn2cccnc2c1C(=O)N[C@@H](C)c1nc2cccc(C#Cc3cocn3)c2c(=O)n1-c1ccccc1. The lowest BCUT2D eigenvalue weighted by molar-refractivity contribution is 0.0930. The van der Waals surface area contributed by atoms with E-state index in [9.17, 15) is 28.8 Å². The van der Waals surface area contributed by atoms with Crippen LogP contribution in [0.3, 0.4) is 0 Å². The van der Waals surface area contributed by atoms with Gasteiger partial charge in [-0.3, -0.25) is 47.5 Å². The molecule has 1 saturated carbocycles. The maximum atomic E-state index is 14.2. The Morgan fingerprint density at radius 1 is 0.392 bits per heavy atom. The fourth-order valence-electron chi connectivity index (χ4n) is 14.8. The Balaban J connectivity index is 0.000000134. The first kappa shape index (κ1) is 78.0. The molecule has 0 saturated heterocycles. The smallest absolute Gasteiger partial charge is 0.267 e. The maximum Gasteiger partial charge on any atom is 0.267 e. The molecule has 27 heteroatoms. The zero-order chi connectivity index (χ0) is 83.1. The molecule has 0 aliphatic heterocycles. The number of para-hydroxylation sites is 3. The Bertz CT molecular complexity index is 7240. The number of amides is 3. The summed E-state index contributed by atoms with van der Waals surface area (Å²) in [5, 5.41) is 23.5. The molecule has 11 aromatic heterocycles. The minimum Gasteiger partial charge on any atom is -0.450 e. The van der Waals surface area contributed by atoms with Crippen molar-refractivity contribution in [1.82, 2.24) is 98.4 Å². The summed E-state index contributed by atoms with van der Waals surface area (Å²) in [6.07, 6.45) is 20.4. The van der Waals surface area contributed by atoms with Gasteiger partial charge >= 0.3 is 0 Å². The van der Waals surface area contributed by atoms with E-state index in [1.165, 1.54) is 41.1 Å². The monoisotopic (exact) mass is 1580 g/mol. The molecule has 1 fully saturated rings. The number of benzene rings is 6. The van der Waals surface area contributed by atoms with E-state index >= 15 is 0 Å². The van der Waals surface area contributed by atoms with Gasteiger partial charge in [-0.1, -0.05) is 122 Å². The van der Waals surface area contributed by atoms with E-state index in [-0.39, 0.29) is 34.4 Å². The first-order valence-electron chi connectivity index (χ1n) is 39.0. The number of aromatic nitrogens is 17. The van der Waals surface area contributed by atoms with Crippen LogP contribution in [0.5, 0.6) is 0 Å². The third-order valence-corrected chi connectivity index (χ3v) is 20.5. The third-order valence-electron chi connectivity index (χ3n) is 20.5. The molecule has 18 rings (SSSR count). The van der Waals surface area contributed by atoms with Gasteiger partial charge in [0.05, 0.1) is 90.7 Å². The average molecular weight is 1590 g/mol. The van der Waals surface area contributed by atoms with Crippen LogP contribution < -0.4 is 32.6 Å². The summed E-state index contributed by atoms with van der Waals surface area (Å²) in [5.41, 5.74) is 10.6. The molecule has 0 bridgehead atoms. The topological polar surface area (TPSA) is 321 Å². The van der Waals surface area contributed by atoms with Crippen molar-refractivity contribution >= 4 is 67.4 Å². The third kappa shape index (κ3) is 15.9. The van der Waals surface area contributed by atoms with E-state index in [0.717, 1.165) is 24.1 Å². The number of oxazole rings is 1. The van der Waals surface area contributed by atoms with E-state index in [2.05, 4.69) is 91.7 Å². The molecular weight excluding hydrogens is 1510 g/mol. The Hall–Kier alpha value is -16.0. The van der Waals surface area contributed by atoms with E-state index in [1.807, 2.05) is 147 Å².